The monoisotopic (exact) mass is 170 g/mol. The Morgan fingerprint density at radius 1 is 1.00 bits per heavy atom. The number of hydrogen-bond donors (Lipinski definition) is 0. The minimum atomic E-state index is 0. The summed E-state index contributed by atoms with van der Waals surface area (Å²) in [6.45, 7) is 8.85. The summed E-state index contributed by atoms with van der Waals surface area (Å²) < 4.78 is 1.59. The molecule has 12 heavy (non-hydrogen) atoms. The Morgan fingerprint density at radius 2 is 1.33 bits per heavy atom. The first kappa shape index (κ1) is 12.3. The third kappa shape index (κ3) is 2.18. The van der Waals surface area contributed by atoms with Crippen molar-refractivity contribution in [1.82, 2.24) is 0 Å². The molecule has 0 nitrogen and oxygen atoms in total. The van der Waals surface area contributed by atoms with Crippen LogP contribution in [0.4, 0.5) is 0 Å². The van der Waals surface area contributed by atoms with Gasteiger partial charge in [-0.25, -0.2) is 0 Å². The Labute approximate surface area is 96.8 Å². The Kier molecular flexibility index (Phi) is 4.68. The summed E-state index contributed by atoms with van der Waals surface area (Å²) in [7, 11) is 0. The van der Waals surface area contributed by atoms with E-state index < -0.39 is 0 Å². The average molecular weight is 170 g/mol. The first-order valence-corrected chi connectivity index (χ1v) is 5.08. The molecule has 0 aliphatic rings. The number of benzene rings is 1. The van der Waals surface area contributed by atoms with E-state index in [0.717, 1.165) is 0 Å². The quantitative estimate of drug-likeness (QED) is 0.407. The third-order valence-electron chi connectivity index (χ3n) is 2.74. The largest absolute Gasteiger partial charge is 1.00 e. The van der Waals surface area contributed by atoms with Gasteiger partial charge in [0, 0.05) is 0 Å². The first-order chi connectivity index (χ1) is 5.04. The summed E-state index contributed by atoms with van der Waals surface area (Å²) in [5, 5.41) is 0. The number of rotatable bonds is 0. The van der Waals surface area contributed by atoms with Crippen LogP contribution in [-0.4, -0.2) is 16.3 Å². The van der Waals surface area contributed by atoms with Crippen molar-refractivity contribution in [2.24, 2.45) is 0 Å². The fourth-order valence-electron chi connectivity index (χ4n) is 1.41. The van der Waals surface area contributed by atoms with Gasteiger partial charge in [0.2, 0.25) is 0 Å². The molecule has 0 amide bonds. The van der Waals surface area contributed by atoms with Gasteiger partial charge in [0.1, 0.15) is 0 Å². The van der Waals surface area contributed by atoms with Gasteiger partial charge in [-0.05, 0) is 38.8 Å². The van der Waals surface area contributed by atoms with Crippen LogP contribution >= 0.6 is 0 Å². The van der Waals surface area contributed by atoms with Gasteiger partial charge < -0.3 is 1.43 Å². The zero-order valence-electron chi connectivity index (χ0n) is 10.1. The van der Waals surface area contributed by atoms with Gasteiger partial charge in [-0.15, -0.1) is 4.43 Å². The molecule has 0 bridgehead atoms. The van der Waals surface area contributed by atoms with Crippen LogP contribution in [0.15, 0.2) is 6.07 Å². The molecule has 0 heterocycles. The molecule has 0 saturated carbocycles. The fraction of sp³-hybridized carbons (Fsp3) is 0.400. The Balaban J connectivity index is 0. The van der Waals surface area contributed by atoms with E-state index in [1.807, 2.05) is 0 Å². The maximum atomic E-state index is 2.28. The molecular formula is C10H16AlLi. The zero-order valence-corrected chi connectivity index (χ0v) is 11.1. The van der Waals surface area contributed by atoms with Gasteiger partial charge in [0.15, 0.2) is 0 Å². The SMILES string of the molecule is Cc1cc(C)c(C)[c]([AlH2])c1C.[H-].[Li+]. The second kappa shape index (κ2) is 4.55. The van der Waals surface area contributed by atoms with Crippen molar-refractivity contribution >= 4 is 20.7 Å². The van der Waals surface area contributed by atoms with Gasteiger partial charge in [-0.3, -0.25) is 0 Å². The van der Waals surface area contributed by atoms with Crippen LogP contribution in [0.2, 0.25) is 0 Å². The molecule has 0 N–H and O–H groups in total. The van der Waals surface area contributed by atoms with Crippen LogP contribution in [0.25, 0.3) is 0 Å². The maximum Gasteiger partial charge on any atom is 1.00 e. The van der Waals surface area contributed by atoms with E-state index in [9.17, 15) is 0 Å². The van der Waals surface area contributed by atoms with E-state index in [1.54, 1.807) is 4.43 Å². The molecule has 0 aliphatic heterocycles. The molecule has 0 spiro atoms. The van der Waals surface area contributed by atoms with E-state index in [2.05, 4.69) is 33.8 Å². The van der Waals surface area contributed by atoms with Gasteiger partial charge in [-0.2, -0.15) is 0 Å². The van der Waals surface area contributed by atoms with Gasteiger partial charge in [0.05, 0.1) is 0 Å². The minimum absolute atomic E-state index is 0. The third-order valence-corrected chi connectivity index (χ3v) is 4.24. The molecular weight excluding hydrogens is 154 g/mol. The van der Waals surface area contributed by atoms with Crippen molar-refractivity contribution in [3.63, 3.8) is 0 Å². The van der Waals surface area contributed by atoms with Crippen LogP contribution < -0.4 is 23.3 Å². The summed E-state index contributed by atoms with van der Waals surface area (Å²) in [5.74, 6) is 0. The molecule has 1 aromatic rings. The van der Waals surface area contributed by atoms with E-state index in [4.69, 9.17) is 0 Å². The van der Waals surface area contributed by atoms with Crippen molar-refractivity contribution in [2.75, 3.05) is 0 Å². The maximum absolute atomic E-state index is 2.28. The average Bonchev–Trinajstić information content (AvgIpc) is 1.97. The first-order valence-electron chi connectivity index (χ1n) is 4.08. The normalized spacial score (nSPS) is 9.33. The molecule has 0 fully saturated rings. The van der Waals surface area contributed by atoms with Crippen molar-refractivity contribution in [2.45, 2.75) is 27.7 Å². The number of aryl methyl sites for hydroxylation is 2. The molecule has 2 heteroatoms. The molecule has 60 valence electrons. The Hall–Kier alpha value is 0.350. The summed E-state index contributed by atoms with van der Waals surface area (Å²) in [6, 6.07) is 2.28. The van der Waals surface area contributed by atoms with Crippen molar-refractivity contribution in [3.05, 3.63) is 28.3 Å². The molecule has 0 saturated heterocycles. The molecule has 0 radical (unpaired) electrons. The Morgan fingerprint density at radius 3 is 1.67 bits per heavy atom. The zero-order chi connectivity index (χ0) is 8.59. The van der Waals surface area contributed by atoms with Crippen LogP contribution in [0.5, 0.6) is 0 Å². The van der Waals surface area contributed by atoms with Gasteiger partial charge in [-0.1, -0.05) is 17.2 Å². The van der Waals surface area contributed by atoms with Crippen molar-refractivity contribution in [3.8, 4) is 0 Å². The second-order valence-electron chi connectivity index (χ2n) is 3.39. The van der Waals surface area contributed by atoms with Crippen LogP contribution in [0, 0.1) is 27.7 Å². The molecule has 0 atom stereocenters. The Bertz CT molecular complexity index is 271. The summed E-state index contributed by atoms with van der Waals surface area (Å²) in [5.41, 5.74) is 5.88. The second-order valence-corrected chi connectivity index (χ2v) is 4.39. The number of hydrogen-bond acceptors (Lipinski definition) is 0. The van der Waals surface area contributed by atoms with Crippen LogP contribution in [-0.2, 0) is 0 Å². The minimum Gasteiger partial charge on any atom is -1.00 e. The fourth-order valence-corrected chi connectivity index (χ4v) is 2.20. The standard InChI is InChI=1S/C10H13.Al.Li.3H/c1-7-5-9(3)10(4)6-8(7)2;;;;;/h5H,1-4H3;;;;;/q;;+1;;;-1. The van der Waals surface area contributed by atoms with E-state index in [0.29, 0.717) is 0 Å². The van der Waals surface area contributed by atoms with E-state index in [1.165, 1.54) is 38.5 Å². The molecule has 1 rings (SSSR count). The van der Waals surface area contributed by atoms with Crippen LogP contribution in [0.3, 0.4) is 0 Å². The van der Waals surface area contributed by atoms with Crippen LogP contribution in [0.1, 0.15) is 23.7 Å². The van der Waals surface area contributed by atoms with E-state index in [-0.39, 0.29) is 20.3 Å². The molecule has 0 unspecified atom stereocenters. The van der Waals surface area contributed by atoms with Gasteiger partial charge in [0.25, 0.3) is 16.3 Å². The smallest absolute Gasteiger partial charge is 1.00 e. The topological polar surface area (TPSA) is 0 Å². The summed E-state index contributed by atoms with van der Waals surface area (Å²) in [4.78, 5) is 0. The predicted molar refractivity (Wildman–Crippen MR) is 54.7 cm³/mol. The van der Waals surface area contributed by atoms with Crippen molar-refractivity contribution < 1.29 is 20.3 Å². The van der Waals surface area contributed by atoms with E-state index >= 15 is 0 Å². The molecule has 0 aromatic heterocycles. The van der Waals surface area contributed by atoms with Gasteiger partial charge >= 0.3 is 18.9 Å². The summed E-state index contributed by atoms with van der Waals surface area (Å²) >= 11 is 1.18. The summed E-state index contributed by atoms with van der Waals surface area (Å²) in [6.07, 6.45) is 0. The predicted octanol–water partition coefficient (Wildman–Crippen LogP) is -1.70. The van der Waals surface area contributed by atoms with Crippen molar-refractivity contribution in [1.29, 1.82) is 0 Å². The molecule has 0 aliphatic carbocycles. The molecule has 1 aromatic carbocycles.